The molecule has 5 rings (SSSR count). The molecule has 2 bridgehead atoms. The van der Waals surface area contributed by atoms with Crippen molar-refractivity contribution in [3.05, 3.63) is 47.2 Å². The Balaban J connectivity index is 1.68. The molecule has 24 heavy (non-hydrogen) atoms. The second-order valence-electron chi connectivity index (χ2n) is 7.49. The molecule has 0 amide bonds. The van der Waals surface area contributed by atoms with Gasteiger partial charge in [-0.1, -0.05) is 24.3 Å². The Labute approximate surface area is 141 Å². The van der Waals surface area contributed by atoms with Gasteiger partial charge in [-0.15, -0.1) is 0 Å². The number of nitrogens with zero attached hydrogens (tertiary/aromatic N) is 1. The van der Waals surface area contributed by atoms with Gasteiger partial charge in [0.15, 0.2) is 6.04 Å². The fourth-order valence-electron chi connectivity index (χ4n) is 5.80. The van der Waals surface area contributed by atoms with Gasteiger partial charge in [0.05, 0.1) is 25.3 Å². The summed E-state index contributed by atoms with van der Waals surface area (Å²) in [6.07, 6.45) is 4.32. The first-order valence-electron chi connectivity index (χ1n) is 8.88. The van der Waals surface area contributed by atoms with Gasteiger partial charge in [-0.25, -0.2) is 4.79 Å². The number of aromatic nitrogens is 1. The molecule has 124 valence electrons. The predicted molar refractivity (Wildman–Crippen MR) is 92.4 cm³/mol. The van der Waals surface area contributed by atoms with Crippen molar-refractivity contribution >= 4 is 16.9 Å². The van der Waals surface area contributed by atoms with Crippen LogP contribution in [0.25, 0.3) is 10.9 Å². The van der Waals surface area contributed by atoms with Gasteiger partial charge in [0.1, 0.15) is 12.6 Å². The second kappa shape index (κ2) is 4.73. The molecule has 4 heteroatoms. The highest BCUT2D eigenvalue weighted by atomic mass is 16.5. The lowest BCUT2D eigenvalue weighted by atomic mass is 9.87. The number of allylic oxidation sites excluding steroid dienone is 1. The van der Waals surface area contributed by atoms with E-state index in [-0.39, 0.29) is 12.0 Å². The number of para-hydroxylation sites is 1. The van der Waals surface area contributed by atoms with Gasteiger partial charge in [-0.3, -0.25) is 0 Å². The molecule has 3 aliphatic rings. The molecule has 4 atom stereocenters. The lowest BCUT2D eigenvalue weighted by molar-refractivity contribution is -0.951. The van der Waals surface area contributed by atoms with E-state index in [0.717, 1.165) is 30.4 Å². The third kappa shape index (κ3) is 1.55. The van der Waals surface area contributed by atoms with Crippen LogP contribution in [0.4, 0.5) is 0 Å². The average molecular weight is 323 g/mol. The number of carbonyl (C=O) groups is 1. The first-order valence-corrected chi connectivity index (χ1v) is 8.88. The maximum Gasteiger partial charge on any atom is 0.365 e. The molecule has 0 radical (unpaired) electrons. The summed E-state index contributed by atoms with van der Waals surface area (Å²) in [5, 5.41) is 1.36. The maximum atomic E-state index is 12.6. The molecule has 2 saturated heterocycles. The number of carbonyl (C=O) groups excluding carboxylic acids is 1. The monoisotopic (exact) mass is 323 g/mol. The Morgan fingerprint density at radius 1 is 1.38 bits per heavy atom. The summed E-state index contributed by atoms with van der Waals surface area (Å²) in [7, 11) is 1.53. The minimum Gasteiger partial charge on any atom is -0.465 e. The van der Waals surface area contributed by atoms with E-state index >= 15 is 0 Å². The SMILES string of the molecule is C/C=C1/C[N+]23CCc4c([nH]c5ccccc45)C2CC1C3C(=O)OC. The normalized spacial score (nSPS) is 35.2. The van der Waals surface area contributed by atoms with Gasteiger partial charge in [-0.2, -0.15) is 0 Å². The number of rotatable bonds is 1. The fraction of sp³-hybridized carbons (Fsp3) is 0.450. The minimum absolute atomic E-state index is 0.0224. The highest BCUT2D eigenvalue weighted by Gasteiger charge is 2.67. The molecule has 0 saturated carbocycles. The molecule has 1 aromatic heterocycles. The molecule has 1 aromatic carbocycles. The van der Waals surface area contributed by atoms with E-state index < -0.39 is 0 Å². The molecular formula is C20H23N2O2+. The van der Waals surface area contributed by atoms with Gasteiger partial charge in [-0.05, 0) is 24.1 Å². The quantitative estimate of drug-likeness (QED) is 0.498. The van der Waals surface area contributed by atoms with Gasteiger partial charge in [0.25, 0.3) is 0 Å². The van der Waals surface area contributed by atoms with E-state index in [1.54, 1.807) is 0 Å². The van der Waals surface area contributed by atoms with Gasteiger partial charge >= 0.3 is 5.97 Å². The van der Waals surface area contributed by atoms with Crippen molar-refractivity contribution < 1.29 is 14.0 Å². The van der Waals surface area contributed by atoms with Gasteiger partial charge in [0, 0.05) is 23.7 Å². The number of ether oxygens (including phenoxy) is 1. The van der Waals surface area contributed by atoms with Crippen LogP contribution in [-0.2, 0) is 16.0 Å². The number of H-pyrrole nitrogens is 1. The first kappa shape index (κ1) is 14.3. The van der Waals surface area contributed by atoms with Crippen LogP contribution in [0.2, 0.25) is 0 Å². The Bertz CT molecular complexity index is 881. The minimum atomic E-state index is -0.0288. The summed E-state index contributed by atoms with van der Waals surface area (Å²) in [5.74, 6) is 0.309. The summed E-state index contributed by atoms with van der Waals surface area (Å²) in [5.41, 5.74) is 5.51. The number of quaternary nitrogens is 1. The summed E-state index contributed by atoms with van der Waals surface area (Å²) in [6.45, 7) is 4.14. The molecule has 0 aliphatic carbocycles. The Morgan fingerprint density at radius 3 is 3.00 bits per heavy atom. The molecular weight excluding hydrogens is 300 g/mol. The molecule has 2 fully saturated rings. The van der Waals surface area contributed by atoms with E-state index in [1.165, 1.54) is 34.8 Å². The number of piperidine rings is 1. The van der Waals surface area contributed by atoms with Crippen LogP contribution < -0.4 is 0 Å². The van der Waals surface area contributed by atoms with Crippen molar-refractivity contribution in [3.63, 3.8) is 0 Å². The average Bonchev–Trinajstić information content (AvgIpc) is 3.25. The molecule has 4 heterocycles. The van der Waals surface area contributed by atoms with Crippen molar-refractivity contribution in [2.75, 3.05) is 20.2 Å². The second-order valence-corrected chi connectivity index (χ2v) is 7.49. The zero-order valence-corrected chi connectivity index (χ0v) is 14.2. The van der Waals surface area contributed by atoms with Crippen LogP contribution in [-0.4, -0.2) is 41.7 Å². The van der Waals surface area contributed by atoms with E-state index in [4.69, 9.17) is 4.74 Å². The smallest absolute Gasteiger partial charge is 0.365 e. The zero-order valence-electron chi connectivity index (χ0n) is 14.2. The van der Waals surface area contributed by atoms with E-state index in [0.29, 0.717) is 12.0 Å². The van der Waals surface area contributed by atoms with E-state index in [9.17, 15) is 4.79 Å². The van der Waals surface area contributed by atoms with Crippen molar-refractivity contribution in [1.82, 2.24) is 4.98 Å². The number of benzene rings is 1. The lowest BCUT2D eigenvalue weighted by Gasteiger charge is -2.44. The largest absolute Gasteiger partial charge is 0.465 e. The predicted octanol–water partition coefficient (Wildman–Crippen LogP) is 3.10. The summed E-state index contributed by atoms with van der Waals surface area (Å²) in [4.78, 5) is 16.3. The standard InChI is InChI=1S/C20H23N2O2/c1-3-12-11-22-9-8-14-13-6-4-5-7-16(13)21-18(14)17(22)10-15(12)19(22)20(23)24-2/h3-7,15,17,19,21H,8-11H2,1-2H3/q+1/b12-3-. The Morgan fingerprint density at radius 2 is 2.21 bits per heavy atom. The van der Waals surface area contributed by atoms with Crippen molar-refractivity contribution in [2.45, 2.75) is 31.8 Å². The van der Waals surface area contributed by atoms with Crippen molar-refractivity contribution in [3.8, 4) is 0 Å². The van der Waals surface area contributed by atoms with E-state index in [2.05, 4.69) is 42.2 Å². The van der Waals surface area contributed by atoms with Crippen LogP contribution >= 0.6 is 0 Å². The Hall–Kier alpha value is -2.07. The summed E-state index contributed by atoms with van der Waals surface area (Å²) in [6, 6.07) is 8.97. The van der Waals surface area contributed by atoms with Crippen LogP contribution in [0.15, 0.2) is 35.9 Å². The van der Waals surface area contributed by atoms with E-state index in [1.807, 2.05) is 0 Å². The third-order valence-corrected chi connectivity index (χ3v) is 6.76. The molecule has 3 aliphatic heterocycles. The highest BCUT2D eigenvalue weighted by molar-refractivity contribution is 5.85. The van der Waals surface area contributed by atoms with Crippen LogP contribution in [0.1, 0.15) is 30.6 Å². The molecule has 4 nitrogen and oxygen atoms in total. The molecule has 1 spiro atoms. The number of hydrogen-bond donors (Lipinski definition) is 1. The Kier molecular flexibility index (Phi) is 2.82. The summed E-state index contributed by atoms with van der Waals surface area (Å²) >= 11 is 0. The first-order chi connectivity index (χ1) is 11.7. The third-order valence-electron chi connectivity index (χ3n) is 6.76. The van der Waals surface area contributed by atoms with Crippen LogP contribution in [0.3, 0.4) is 0 Å². The van der Waals surface area contributed by atoms with Gasteiger partial charge < -0.3 is 14.2 Å². The van der Waals surface area contributed by atoms with Crippen LogP contribution in [0.5, 0.6) is 0 Å². The number of nitrogens with one attached hydrogen (secondary N) is 1. The number of aromatic amines is 1. The number of hydrogen-bond acceptors (Lipinski definition) is 2. The highest BCUT2D eigenvalue weighted by Crippen LogP contribution is 2.58. The lowest BCUT2D eigenvalue weighted by Crippen LogP contribution is -2.57. The fourth-order valence-corrected chi connectivity index (χ4v) is 5.80. The number of fused-ring (bicyclic) bond motifs is 5. The molecule has 1 N–H and O–H groups in total. The zero-order chi connectivity index (χ0) is 16.5. The maximum absolute atomic E-state index is 12.6. The molecule has 4 unspecified atom stereocenters. The molecule has 2 aromatic rings. The topological polar surface area (TPSA) is 42.1 Å². The van der Waals surface area contributed by atoms with Crippen molar-refractivity contribution in [1.29, 1.82) is 0 Å². The van der Waals surface area contributed by atoms with Gasteiger partial charge in [0.2, 0.25) is 0 Å². The number of methoxy groups -OCH3 is 1. The van der Waals surface area contributed by atoms with Crippen LogP contribution in [0, 0.1) is 5.92 Å². The number of esters is 1. The summed E-state index contributed by atoms with van der Waals surface area (Å²) < 4.78 is 6.08. The van der Waals surface area contributed by atoms with Crippen molar-refractivity contribution in [2.24, 2.45) is 5.92 Å².